The van der Waals surface area contributed by atoms with Crippen LogP contribution in [0.15, 0.2) is 36.5 Å². The summed E-state index contributed by atoms with van der Waals surface area (Å²) < 4.78 is 5.25. The first kappa shape index (κ1) is 13.7. The molecule has 0 aliphatic carbocycles. The van der Waals surface area contributed by atoms with E-state index in [-0.39, 0.29) is 11.3 Å². The molecule has 0 saturated heterocycles. The molecule has 2 aromatic rings. The number of carboxylic acids is 1. The number of hydrogen-bond acceptors (Lipinski definition) is 5. The molecule has 0 aliphatic rings. The number of hydrogen-bond donors (Lipinski definition) is 3. The normalized spacial score (nSPS) is 10.1. The molecule has 0 radical (unpaired) electrons. The van der Waals surface area contributed by atoms with Crippen LogP contribution in [0.2, 0.25) is 0 Å². The van der Waals surface area contributed by atoms with E-state index >= 15 is 0 Å². The highest BCUT2D eigenvalue weighted by Gasteiger charge is 2.08. The maximum Gasteiger partial charge on any atom is 0.337 e. The molecule has 4 N–H and O–H groups in total. The molecule has 20 heavy (non-hydrogen) atoms. The monoisotopic (exact) mass is 273 g/mol. The first-order valence-corrected chi connectivity index (χ1v) is 6.09. The number of rotatable bonds is 5. The molecular formula is C14H15N3O3. The van der Waals surface area contributed by atoms with Gasteiger partial charge in [-0.3, -0.25) is 0 Å². The zero-order chi connectivity index (χ0) is 14.5. The van der Waals surface area contributed by atoms with Gasteiger partial charge in [0.05, 0.1) is 24.1 Å². The van der Waals surface area contributed by atoms with E-state index in [1.165, 1.54) is 6.07 Å². The Morgan fingerprint density at radius 2 is 2.10 bits per heavy atom. The van der Waals surface area contributed by atoms with E-state index in [9.17, 15) is 4.79 Å². The molecule has 0 amide bonds. The first-order valence-electron chi connectivity index (χ1n) is 6.09. The van der Waals surface area contributed by atoms with E-state index in [4.69, 9.17) is 15.6 Å². The summed E-state index contributed by atoms with van der Waals surface area (Å²) in [5.74, 6) is -0.490. The Morgan fingerprint density at radius 1 is 1.35 bits per heavy atom. The highest BCUT2D eigenvalue weighted by Crippen LogP contribution is 2.22. The predicted octanol–water partition coefficient (Wildman–Crippen LogP) is 2.50. The van der Waals surface area contributed by atoms with Gasteiger partial charge in [-0.25, -0.2) is 9.78 Å². The van der Waals surface area contributed by atoms with Crippen molar-refractivity contribution < 1.29 is 14.6 Å². The van der Waals surface area contributed by atoms with Crippen LogP contribution in [0.4, 0.5) is 17.1 Å². The van der Waals surface area contributed by atoms with Gasteiger partial charge in [-0.2, -0.15) is 0 Å². The zero-order valence-electron chi connectivity index (χ0n) is 11.0. The maximum atomic E-state index is 10.9. The van der Waals surface area contributed by atoms with Crippen molar-refractivity contribution in [3.05, 3.63) is 42.1 Å². The van der Waals surface area contributed by atoms with Crippen molar-refractivity contribution in [1.29, 1.82) is 0 Å². The van der Waals surface area contributed by atoms with Crippen LogP contribution in [0.3, 0.4) is 0 Å². The molecule has 1 aromatic carbocycles. The third-order valence-electron chi connectivity index (χ3n) is 2.60. The van der Waals surface area contributed by atoms with Crippen LogP contribution in [-0.2, 0) is 0 Å². The van der Waals surface area contributed by atoms with Crippen LogP contribution in [0, 0.1) is 0 Å². The van der Waals surface area contributed by atoms with Gasteiger partial charge in [-0.15, -0.1) is 0 Å². The Balaban J connectivity index is 2.13. The molecule has 0 fully saturated rings. The second-order valence-electron chi connectivity index (χ2n) is 4.05. The molecule has 6 heteroatoms. The lowest BCUT2D eigenvalue weighted by atomic mass is 10.1. The molecule has 6 nitrogen and oxygen atoms in total. The van der Waals surface area contributed by atoms with Crippen molar-refractivity contribution in [2.24, 2.45) is 0 Å². The van der Waals surface area contributed by atoms with Gasteiger partial charge in [-0.05, 0) is 31.2 Å². The lowest BCUT2D eigenvalue weighted by Crippen LogP contribution is -2.03. The molecule has 0 spiro atoms. The summed E-state index contributed by atoms with van der Waals surface area (Å²) in [5.41, 5.74) is 7.43. The number of benzene rings is 1. The van der Waals surface area contributed by atoms with E-state index < -0.39 is 5.97 Å². The maximum absolute atomic E-state index is 10.9. The van der Waals surface area contributed by atoms with Gasteiger partial charge in [-0.1, -0.05) is 0 Å². The van der Waals surface area contributed by atoms with Crippen LogP contribution in [0.25, 0.3) is 0 Å². The number of nitrogens with two attached hydrogens (primary N) is 1. The summed E-state index contributed by atoms with van der Waals surface area (Å²) in [4.78, 5) is 15.0. The van der Waals surface area contributed by atoms with Crippen molar-refractivity contribution in [2.75, 3.05) is 17.7 Å². The Kier molecular flexibility index (Phi) is 4.05. The molecule has 0 unspecified atom stereocenters. The average molecular weight is 273 g/mol. The molecule has 104 valence electrons. The Morgan fingerprint density at radius 3 is 2.65 bits per heavy atom. The third kappa shape index (κ3) is 3.17. The number of carboxylic acid groups (broad SMARTS) is 1. The Bertz CT molecular complexity index is 612. The number of ether oxygens (including phenoxy) is 1. The van der Waals surface area contributed by atoms with Crippen molar-refractivity contribution in [1.82, 2.24) is 4.98 Å². The lowest BCUT2D eigenvalue weighted by Gasteiger charge is -2.09. The molecule has 1 aromatic heterocycles. The average Bonchev–Trinajstić information content (AvgIpc) is 2.41. The number of aromatic carboxylic acids is 1. The fourth-order valence-electron chi connectivity index (χ4n) is 1.69. The Labute approximate surface area is 116 Å². The summed E-state index contributed by atoms with van der Waals surface area (Å²) in [6.07, 6.45) is 1.63. The van der Waals surface area contributed by atoms with E-state index in [2.05, 4.69) is 10.3 Å². The molecule has 2 rings (SSSR count). The van der Waals surface area contributed by atoms with Gasteiger partial charge in [0.2, 0.25) is 5.88 Å². The highest BCUT2D eigenvalue weighted by atomic mass is 16.5. The van der Waals surface area contributed by atoms with Crippen molar-refractivity contribution in [2.45, 2.75) is 6.92 Å². The zero-order valence-corrected chi connectivity index (χ0v) is 11.0. The molecular weight excluding hydrogens is 258 g/mol. The van der Waals surface area contributed by atoms with Crippen LogP contribution >= 0.6 is 0 Å². The number of pyridine rings is 1. The van der Waals surface area contributed by atoms with Gasteiger partial charge in [0.1, 0.15) is 0 Å². The summed E-state index contributed by atoms with van der Waals surface area (Å²) >= 11 is 0. The molecule has 1 heterocycles. The molecule has 0 bridgehead atoms. The smallest absolute Gasteiger partial charge is 0.337 e. The fourth-order valence-corrected chi connectivity index (χ4v) is 1.69. The van der Waals surface area contributed by atoms with Crippen molar-refractivity contribution in [3.8, 4) is 5.88 Å². The summed E-state index contributed by atoms with van der Waals surface area (Å²) in [7, 11) is 0. The minimum Gasteiger partial charge on any atom is -0.478 e. The van der Waals surface area contributed by atoms with E-state index in [0.29, 0.717) is 18.2 Å². The number of anilines is 3. The van der Waals surface area contributed by atoms with Crippen LogP contribution in [0.1, 0.15) is 17.3 Å². The number of nitrogens with zero attached hydrogens (tertiary/aromatic N) is 1. The highest BCUT2D eigenvalue weighted by molar-refractivity contribution is 5.94. The second kappa shape index (κ2) is 5.92. The van der Waals surface area contributed by atoms with Gasteiger partial charge in [0, 0.05) is 17.4 Å². The minimum atomic E-state index is -1.04. The topological polar surface area (TPSA) is 97.5 Å². The number of carbonyl (C=O) groups is 1. The number of aromatic nitrogens is 1. The summed E-state index contributed by atoms with van der Waals surface area (Å²) in [5, 5.41) is 12.0. The largest absolute Gasteiger partial charge is 0.478 e. The van der Waals surface area contributed by atoms with Crippen LogP contribution in [-0.4, -0.2) is 22.7 Å². The lowest BCUT2D eigenvalue weighted by molar-refractivity contribution is 0.0698. The van der Waals surface area contributed by atoms with E-state index in [1.807, 2.05) is 13.0 Å². The Hall–Kier alpha value is -2.76. The van der Waals surface area contributed by atoms with Gasteiger partial charge < -0.3 is 20.9 Å². The number of nitrogen functional groups attached to an aromatic ring is 1. The van der Waals surface area contributed by atoms with E-state index in [1.54, 1.807) is 24.4 Å². The standard InChI is InChI=1S/C14H15N3O3/c1-2-20-13-6-4-10(8-16-13)17-9-3-5-11(14(18)19)12(15)7-9/h3-8,17H,2,15H2,1H3,(H,18,19). The summed E-state index contributed by atoms with van der Waals surface area (Å²) in [6, 6.07) is 8.25. The summed E-state index contributed by atoms with van der Waals surface area (Å²) in [6.45, 7) is 2.45. The molecule has 0 atom stereocenters. The molecule has 0 saturated carbocycles. The molecule has 0 aliphatic heterocycles. The second-order valence-corrected chi connectivity index (χ2v) is 4.05. The first-order chi connectivity index (χ1) is 9.60. The van der Waals surface area contributed by atoms with Gasteiger partial charge >= 0.3 is 5.97 Å². The quantitative estimate of drug-likeness (QED) is 0.724. The van der Waals surface area contributed by atoms with E-state index in [0.717, 1.165) is 5.69 Å². The van der Waals surface area contributed by atoms with Crippen molar-refractivity contribution in [3.63, 3.8) is 0 Å². The third-order valence-corrected chi connectivity index (χ3v) is 2.60. The predicted molar refractivity (Wildman–Crippen MR) is 76.5 cm³/mol. The minimum absolute atomic E-state index is 0.0837. The van der Waals surface area contributed by atoms with Gasteiger partial charge in [0.25, 0.3) is 0 Å². The SMILES string of the molecule is CCOc1ccc(Nc2ccc(C(=O)O)c(N)c2)cn1. The van der Waals surface area contributed by atoms with Crippen molar-refractivity contribution >= 4 is 23.0 Å². The fraction of sp³-hybridized carbons (Fsp3) is 0.143. The van der Waals surface area contributed by atoms with Crippen LogP contribution < -0.4 is 15.8 Å². The number of nitrogens with one attached hydrogen (secondary N) is 1. The van der Waals surface area contributed by atoms with Crippen LogP contribution in [0.5, 0.6) is 5.88 Å². The van der Waals surface area contributed by atoms with Gasteiger partial charge in [0.15, 0.2) is 0 Å².